The Labute approximate surface area is 233 Å². The van der Waals surface area contributed by atoms with Crippen molar-refractivity contribution < 1.29 is 68.3 Å². The van der Waals surface area contributed by atoms with Crippen molar-refractivity contribution in [3.05, 3.63) is 0 Å². The Balaban J connectivity index is 1.88. The third-order valence-corrected chi connectivity index (χ3v) is 6.39. The van der Waals surface area contributed by atoms with E-state index in [0.717, 1.165) is 0 Å². The number of nitrogens with one attached hydrogen (secondary N) is 1. The number of aliphatic hydroxyl groups is 5. The molecule has 234 valence electrons. The van der Waals surface area contributed by atoms with Crippen LogP contribution >= 0.6 is 0 Å². The summed E-state index contributed by atoms with van der Waals surface area (Å²) in [5, 5.41) is 54.2. The van der Waals surface area contributed by atoms with Gasteiger partial charge in [-0.15, -0.1) is 0 Å². The number of aliphatic hydroxyl groups excluding tert-OH is 5. The van der Waals surface area contributed by atoms with Gasteiger partial charge in [-0.3, -0.25) is 4.79 Å². The molecule has 0 aromatic carbocycles. The number of unbranched alkanes of at least 4 members (excludes halogenated alkanes) is 2. The van der Waals surface area contributed by atoms with Gasteiger partial charge in [-0.05, 0) is 33.6 Å². The van der Waals surface area contributed by atoms with E-state index < -0.39 is 85.7 Å². The summed E-state index contributed by atoms with van der Waals surface area (Å²) in [6.45, 7) is 4.75. The van der Waals surface area contributed by atoms with E-state index in [1.165, 1.54) is 14.2 Å². The van der Waals surface area contributed by atoms with Crippen molar-refractivity contribution in [3.8, 4) is 0 Å². The number of rotatable bonds is 13. The fourth-order valence-corrected chi connectivity index (χ4v) is 4.34. The Kier molecular flexibility index (Phi) is 13.9. The minimum Gasteiger partial charge on any atom is -0.463 e. The minimum atomic E-state index is -1.63. The second-order valence-electron chi connectivity index (χ2n) is 10.7. The SMILES string of the molecule is COC1OC(COC(=O)CCCCCNC(=O)OC(C)(C)C)C(OC2OC(CO)C(OC)C(O)C2O)C(O)C1O. The maximum atomic E-state index is 12.3. The van der Waals surface area contributed by atoms with Crippen LogP contribution in [-0.2, 0) is 38.0 Å². The van der Waals surface area contributed by atoms with E-state index in [0.29, 0.717) is 25.8 Å². The summed E-state index contributed by atoms with van der Waals surface area (Å²) in [4.78, 5) is 24.0. The zero-order chi connectivity index (χ0) is 30.0. The molecule has 0 saturated carbocycles. The molecule has 0 spiro atoms. The molecule has 10 unspecified atom stereocenters. The van der Waals surface area contributed by atoms with E-state index in [2.05, 4.69) is 5.32 Å². The zero-order valence-corrected chi connectivity index (χ0v) is 23.6. The molecule has 10 atom stereocenters. The first-order chi connectivity index (χ1) is 18.8. The van der Waals surface area contributed by atoms with Crippen LogP contribution in [0.1, 0.15) is 46.5 Å². The van der Waals surface area contributed by atoms with Crippen LogP contribution in [0.25, 0.3) is 0 Å². The van der Waals surface area contributed by atoms with E-state index in [4.69, 9.17) is 33.2 Å². The molecule has 15 heteroatoms. The highest BCUT2D eigenvalue weighted by atomic mass is 16.7. The quantitative estimate of drug-likeness (QED) is 0.108. The highest BCUT2D eigenvalue weighted by molar-refractivity contribution is 5.69. The predicted molar refractivity (Wildman–Crippen MR) is 135 cm³/mol. The normalized spacial score (nSPS) is 34.8. The topological polar surface area (TPSA) is 212 Å². The molecular weight excluding hydrogens is 538 g/mol. The molecule has 2 aliphatic rings. The van der Waals surface area contributed by atoms with Crippen LogP contribution in [0.15, 0.2) is 0 Å². The van der Waals surface area contributed by atoms with Crippen LogP contribution in [-0.4, -0.2) is 139 Å². The van der Waals surface area contributed by atoms with Crippen LogP contribution in [0.2, 0.25) is 0 Å². The van der Waals surface area contributed by atoms with Gasteiger partial charge in [-0.1, -0.05) is 6.42 Å². The van der Waals surface area contributed by atoms with Gasteiger partial charge >= 0.3 is 12.1 Å². The van der Waals surface area contributed by atoms with Crippen molar-refractivity contribution in [1.29, 1.82) is 0 Å². The van der Waals surface area contributed by atoms with Gasteiger partial charge in [0.25, 0.3) is 0 Å². The van der Waals surface area contributed by atoms with E-state index >= 15 is 0 Å². The van der Waals surface area contributed by atoms with Gasteiger partial charge in [0.1, 0.15) is 61.0 Å². The Morgan fingerprint density at radius 3 is 2.05 bits per heavy atom. The highest BCUT2D eigenvalue weighted by Crippen LogP contribution is 2.30. The molecule has 0 aliphatic carbocycles. The number of hydrogen-bond donors (Lipinski definition) is 6. The van der Waals surface area contributed by atoms with Crippen LogP contribution in [0.4, 0.5) is 4.79 Å². The average Bonchev–Trinajstić information content (AvgIpc) is 2.89. The summed E-state index contributed by atoms with van der Waals surface area (Å²) in [7, 11) is 2.53. The van der Waals surface area contributed by atoms with Crippen molar-refractivity contribution >= 4 is 12.1 Å². The molecule has 1 amide bonds. The van der Waals surface area contributed by atoms with E-state index in [-0.39, 0.29) is 13.0 Å². The first-order valence-corrected chi connectivity index (χ1v) is 13.3. The molecule has 2 heterocycles. The zero-order valence-electron chi connectivity index (χ0n) is 23.6. The van der Waals surface area contributed by atoms with Crippen molar-refractivity contribution in [3.63, 3.8) is 0 Å². The molecule has 6 N–H and O–H groups in total. The van der Waals surface area contributed by atoms with Gasteiger partial charge in [-0.25, -0.2) is 4.79 Å². The number of carbonyl (C=O) groups excluding carboxylic acids is 2. The molecule has 2 saturated heterocycles. The molecule has 0 radical (unpaired) electrons. The summed E-state index contributed by atoms with van der Waals surface area (Å²) in [6, 6.07) is 0. The molecular formula is C25H45NO14. The first-order valence-electron chi connectivity index (χ1n) is 13.3. The third-order valence-electron chi connectivity index (χ3n) is 6.39. The second-order valence-corrected chi connectivity index (χ2v) is 10.7. The highest BCUT2D eigenvalue weighted by Gasteiger charge is 2.51. The van der Waals surface area contributed by atoms with Crippen LogP contribution in [0, 0.1) is 0 Å². The summed E-state index contributed by atoms with van der Waals surface area (Å²) in [5.74, 6) is -0.551. The van der Waals surface area contributed by atoms with E-state index in [1.54, 1.807) is 20.8 Å². The predicted octanol–water partition coefficient (Wildman–Crippen LogP) is -1.45. The van der Waals surface area contributed by atoms with Crippen molar-refractivity contribution in [1.82, 2.24) is 5.32 Å². The average molecular weight is 584 g/mol. The molecule has 2 rings (SSSR count). The number of alkyl carbamates (subject to hydrolysis) is 1. The molecule has 0 bridgehead atoms. The lowest BCUT2D eigenvalue weighted by Crippen LogP contribution is -2.65. The first kappa shape index (κ1) is 34.5. The number of hydrogen-bond acceptors (Lipinski definition) is 14. The Morgan fingerprint density at radius 1 is 0.825 bits per heavy atom. The van der Waals surface area contributed by atoms with Crippen molar-refractivity contribution in [2.75, 3.05) is 34.0 Å². The number of methoxy groups -OCH3 is 2. The maximum absolute atomic E-state index is 12.3. The van der Waals surface area contributed by atoms with E-state index in [9.17, 15) is 35.1 Å². The standard InChI is InChI=1S/C25H45NO14/c1-25(2,3)40-24(33)26-10-8-6-7-9-15(28)36-12-14-21(17(30)18(31)22(35-5)38-14)39-23-19(32)16(29)20(34-4)13(11-27)37-23/h13-14,16-23,27,29-32H,6-12H2,1-5H3,(H,26,33). The summed E-state index contributed by atoms with van der Waals surface area (Å²) in [6.07, 6.45) is -12.4. The minimum absolute atomic E-state index is 0.0802. The number of carbonyl (C=O) groups is 2. The molecule has 15 nitrogen and oxygen atoms in total. The smallest absolute Gasteiger partial charge is 0.407 e. The van der Waals surface area contributed by atoms with Crippen LogP contribution in [0.5, 0.6) is 0 Å². The molecule has 2 aliphatic heterocycles. The Morgan fingerprint density at radius 2 is 1.45 bits per heavy atom. The lowest BCUT2D eigenvalue weighted by molar-refractivity contribution is -0.358. The summed E-state index contributed by atoms with van der Waals surface area (Å²) >= 11 is 0. The second kappa shape index (κ2) is 16.1. The fraction of sp³-hybridized carbons (Fsp3) is 0.920. The molecule has 0 aromatic rings. The number of amides is 1. The largest absolute Gasteiger partial charge is 0.463 e. The fourth-order valence-electron chi connectivity index (χ4n) is 4.34. The van der Waals surface area contributed by atoms with Gasteiger partial charge in [0, 0.05) is 27.2 Å². The maximum Gasteiger partial charge on any atom is 0.407 e. The van der Waals surface area contributed by atoms with Crippen molar-refractivity contribution in [2.24, 2.45) is 0 Å². The Hall–Kier alpha value is -1.66. The van der Waals surface area contributed by atoms with Gasteiger partial charge in [0.15, 0.2) is 12.6 Å². The van der Waals surface area contributed by atoms with Crippen molar-refractivity contribution in [2.45, 2.75) is 113 Å². The van der Waals surface area contributed by atoms with E-state index in [1.807, 2.05) is 0 Å². The molecule has 40 heavy (non-hydrogen) atoms. The molecule has 2 fully saturated rings. The Bertz CT molecular complexity index is 777. The van der Waals surface area contributed by atoms with Gasteiger partial charge in [-0.2, -0.15) is 0 Å². The van der Waals surface area contributed by atoms with Gasteiger partial charge in [0.2, 0.25) is 0 Å². The summed E-state index contributed by atoms with van der Waals surface area (Å²) < 4.78 is 37.5. The summed E-state index contributed by atoms with van der Waals surface area (Å²) in [5.41, 5.74) is -0.587. The molecule has 0 aromatic heterocycles. The third kappa shape index (κ3) is 10.0. The van der Waals surface area contributed by atoms with Gasteiger partial charge in [0.05, 0.1) is 6.61 Å². The van der Waals surface area contributed by atoms with Gasteiger partial charge < -0.3 is 64.0 Å². The monoisotopic (exact) mass is 583 g/mol. The number of esters is 1. The lowest BCUT2D eigenvalue weighted by Gasteiger charge is -2.46. The van der Waals surface area contributed by atoms with Crippen LogP contribution < -0.4 is 5.32 Å². The van der Waals surface area contributed by atoms with Crippen LogP contribution in [0.3, 0.4) is 0 Å². The lowest BCUT2D eigenvalue weighted by atomic mass is 9.97. The number of ether oxygens (including phenoxy) is 7.